The molecule has 1 heterocycles. The van der Waals surface area contributed by atoms with E-state index in [0.717, 1.165) is 5.56 Å². The van der Waals surface area contributed by atoms with Crippen LogP contribution in [0.3, 0.4) is 0 Å². The van der Waals surface area contributed by atoms with E-state index in [1.807, 2.05) is 30.3 Å². The first-order valence-corrected chi connectivity index (χ1v) is 7.02. The third-order valence-corrected chi connectivity index (χ3v) is 3.61. The standard InChI is InChI=1S/C14H14N2O4S/c1-9-12(13(17)18)16-11(21-9)7-15-14(19)20-8-10-5-3-2-4-6-10/h2-6H,7-8H2,1H3,(H,15,19)(H,17,18). The Balaban J connectivity index is 1.81. The molecular weight excluding hydrogens is 292 g/mol. The van der Waals surface area contributed by atoms with Crippen molar-refractivity contribution in [3.8, 4) is 0 Å². The molecule has 0 aliphatic rings. The van der Waals surface area contributed by atoms with Crippen LogP contribution in [0.5, 0.6) is 0 Å². The topological polar surface area (TPSA) is 88.5 Å². The third-order valence-electron chi connectivity index (χ3n) is 2.64. The summed E-state index contributed by atoms with van der Waals surface area (Å²) in [6.07, 6.45) is -0.566. The molecule has 21 heavy (non-hydrogen) atoms. The molecule has 2 rings (SSSR count). The third kappa shape index (κ3) is 4.28. The zero-order valence-electron chi connectivity index (χ0n) is 11.3. The van der Waals surface area contributed by atoms with Crippen molar-refractivity contribution in [1.82, 2.24) is 10.3 Å². The maximum absolute atomic E-state index is 11.5. The Bertz CT molecular complexity index is 640. The van der Waals surface area contributed by atoms with E-state index in [0.29, 0.717) is 9.88 Å². The van der Waals surface area contributed by atoms with Crippen LogP contribution in [0.25, 0.3) is 0 Å². The molecule has 0 unspecified atom stereocenters. The summed E-state index contributed by atoms with van der Waals surface area (Å²) in [4.78, 5) is 27.0. The van der Waals surface area contributed by atoms with E-state index in [-0.39, 0.29) is 18.8 Å². The van der Waals surface area contributed by atoms with Crippen LogP contribution >= 0.6 is 11.3 Å². The summed E-state index contributed by atoms with van der Waals surface area (Å²) < 4.78 is 5.04. The first-order valence-electron chi connectivity index (χ1n) is 6.20. The molecule has 0 saturated heterocycles. The Morgan fingerprint density at radius 3 is 2.67 bits per heavy atom. The zero-order valence-corrected chi connectivity index (χ0v) is 12.1. The highest BCUT2D eigenvalue weighted by atomic mass is 32.1. The van der Waals surface area contributed by atoms with Crippen molar-refractivity contribution in [2.75, 3.05) is 0 Å². The maximum Gasteiger partial charge on any atom is 0.407 e. The van der Waals surface area contributed by atoms with Crippen LogP contribution in [0.15, 0.2) is 30.3 Å². The van der Waals surface area contributed by atoms with Crippen LogP contribution in [0, 0.1) is 6.92 Å². The molecule has 2 N–H and O–H groups in total. The number of alkyl carbamates (subject to hydrolysis) is 1. The molecule has 1 aromatic heterocycles. The van der Waals surface area contributed by atoms with Gasteiger partial charge in [-0.05, 0) is 12.5 Å². The Morgan fingerprint density at radius 2 is 2.05 bits per heavy atom. The number of amides is 1. The van der Waals surface area contributed by atoms with E-state index in [9.17, 15) is 9.59 Å². The number of thiazole rings is 1. The molecule has 0 fully saturated rings. The zero-order chi connectivity index (χ0) is 15.2. The number of carbonyl (C=O) groups is 2. The fourth-order valence-electron chi connectivity index (χ4n) is 1.65. The lowest BCUT2D eigenvalue weighted by Gasteiger charge is -2.05. The van der Waals surface area contributed by atoms with Crippen LogP contribution in [0.4, 0.5) is 4.79 Å². The van der Waals surface area contributed by atoms with Gasteiger partial charge in [0.15, 0.2) is 5.69 Å². The first-order chi connectivity index (χ1) is 10.1. The first kappa shape index (κ1) is 15.0. The number of carbonyl (C=O) groups excluding carboxylic acids is 1. The van der Waals surface area contributed by atoms with Crippen LogP contribution in [0.2, 0.25) is 0 Å². The van der Waals surface area contributed by atoms with Gasteiger partial charge in [0.2, 0.25) is 0 Å². The molecule has 0 aliphatic heterocycles. The summed E-state index contributed by atoms with van der Waals surface area (Å²) in [6.45, 7) is 2.01. The van der Waals surface area contributed by atoms with Crippen LogP contribution in [0.1, 0.15) is 25.9 Å². The fraction of sp³-hybridized carbons (Fsp3) is 0.214. The summed E-state index contributed by atoms with van der Waals surface area (Å²) >= 11 is 1.24. The Morgan fingerprint density at radius 1 is 1.33 bits per heavy atom. The van der Waals surface area contributed by atoms with Crippen molar-refractivity contribution in [2.24, 2.45) is 0 Å². The van der Waals surface area contributed by atoms with E-state index >= 15 is 0 Å². The Labute approximate surface area is 125 Å². The smallest absolute Gasteiger partial charge is 0.407 e. The number of rotatable bonds is 5. The number of aryl methyl sites for hydroxylation is 1. The molecule has 0 saturated carbocycles. The van der Waals surface area contributed by atoms with Gasteiger partial charge in [0.25, 0.3) is 0 Å². The summed E-state index contributed by atoms with van der Waals surface area (Å²) in [5.74, 6) is -1.07. The van der Waals surface area contributed by atoms with E-state index in [4.69, 9.17) is 9.84 Å². The van der Waals surface area contributed by atoms with E-state index in [2.05, 4.69) is 10.3 Å². The van der Waals surface area contributed by atoms with E-state index in [1.54, 1.807) is 6.92 Å². The van der Waals surface area contributed by atoms with Crippen molar-refractivity contribution in [2.45, 2.75) is 20.1 Å². The highest BCUT2D eigenvalue weighted by molar-refractivity contribution is 7.11. The van der Waals surface area contributed by atoms with Crippen molar-refractivity contribution in [3.63, 3.8) is 0 Å². The minimum atomic E-state index is -1.07. The quantitative estimate of drug-likeness (QED) is 0.886. The van der Waals surface area contributed by atoms with Crippen molar-refractivity contribution < 1.29 is 19.4 Å². The molecule has 0 radical (unpaired) electrons. The number of carboxylic acids is 1. The molecule has 1 aromatic carbocycles. The summed E-state index contributed by atoms with van der Waals surface area (Å²) in [5.41, 5.74) is 0.917. The lowest BCUT2D eigenvalue weighted by Crippen LogP contribution is -2.23. The summed E-state index contributed by atoms with van der Waals surface area (Å²) in [6, 6.07) is 9.33. The number of ether oxygens (including phenoxy) is 1. The SMILES string of the molecule is Cc1sc(CNC(=O)OCc2ccccc2)nc1C(=O)O. The van der Waals surface area contributed by atoms with Gasteiger partial charge < -0.3 is 15.2 Å². The second-order valence-electron chi connectivity index (χ2n) is 4.23. The number of nitrogens with zero attached hydrogens (tertiary/aromatic N) is 1. The van der Waals surface area contributed by atoms with Gasteiger partial charge in [0, 0.05) is 4.88 Å². The predicted molar refractivity (Wildman–Crippen MR) is 77.3 cm³/mol. The van der Waals surface area contributed by atoms with Crippen molar-refractivity contribution in [1.29, 1.82) is 0 Å². The van der Waals surface area contributed by atoms with Gasteiger partial charge in [0.05, 0.1) is 6.54 Å². The molecule has 1 amide bonds. The number of hydrogen-bond acceptors (Lipinski definition) is 5. The van der Waals surface area contributed by atoms with Crippen LogP contribution < -0.4 is 5.32 Å². The lowest BCUT2D eigenvalue weighted by molar-refractivity contribution is 0.0690. The van der Waals surface area contributed by atoms with Crippen LogP contribution in [-0.4, -0.2) is 22.2 Å². The van der Waals surface area contributed by atoms with Gasteiger partial charge in [-0.1, -0.05) is 30.3 Å². The molecule has 7 heteroatoms. The van der Waals surface area contributed by atoms with Gasteiger partial charge in [-0.3, -0.25) is 0 Å². The largest absolute Gasteiger partial charge is 0.476 e. The Kier molecular flexibility index (Phi) is 4.89. The molecular formula is C14H14N2O4S. The fourth-order valence-corrected chi connectivity index (χ4v) is 2.51. The van der Waals surface area contributed by atoms with Crippen molar-refractivity contribution in [3.05, 3.63) is 51.5 Å². The van der Waals surface area contributed by atoms with Crippen molar-refractivity contribution >= 4 is 23.4 Å². The average molecular weight is 306 g/mol. The highest BCUT2D eigenvalue weighted by Gasteiger charge is 2.14. The minimum Gasteiger partial charge on any atom is -0.476 e. The number of aromatic carboxylic acids is 1. The van der Waals surface area contributed by atoms with Gasteiger partial charge in [-0.25, -0.2) is 14.6 Å². The van der Waals surface area contributed by atoms with Crippen LogP contribution in [-0.2, 0) is 17.9 Å². The second-order valence-corrected chi connectivity index (χ2v) is 5.52. The van der Waals surface area contributed by atoms with Gasteiger partial charge in [-0.2, -0.15) is 0 Å². The van der Waals surface area contributed by atoms with E-state index in [1.165, 1.54) is 11.3 Å². The molecule has 0 bridgehead atoms. The maximum atomic E-state index is 11.5. The summed E-state index contributed by atoms with van der Waals surface area (Å²) in [7, 11) is 0. The normalized spacial score (nSPS) is 10.1. The number of aromatic nitrogens is 1. The monoisotopic (exact) mass is 306 g/mol. The van der Waals surface area contributed by atoms with E-state index < -0.39 is 12.1 Å². The molecule has 2 aromatic rings. The molecule has 110 valence electrons. The number of carboxylic acid groups (broad SMARTS) is 1. The molecule has 6 nitrogen and oxygen atoms in total. The Hall–Kier alpha value is -2.41. The minimum absolute atomic E-state index is 0.0226. The molecule has 0 atom stereocenters. The number of nitrogens with one attached hydrogen (secondary N) is 1. The molecule has 0 spiro atoms. The highest BCUT2D eigenvalue weighted by Crippen LogP contribution is 2.17. The van der Waals surface area contributed by atoms with Gasteiger partial charge >= 0.3 is 12.1 Å². The summed E-state index contributed by atoms with van der Waals surface area (Å²) in [5, 5.41) is 12.0. The predicted octanol–water partition coefficient (Wildman–Crippen LogP) is 2.58. The molecule has 0 aliphatic carbocycles. The number of benzene rings is 1. The van der Waals surface area contributed by atoms with Gasteiger partial charge in [-0.15, -0.1) is 11.3 Å². The average Bonchev–Trinajstić information content (AvgIpc) is 2.85. The van der Waals surface area contributed by atoms with Gasteiger partial charge in [0.1, 0.15) is 11.6 Å². The number of hydrogen-bond donors (Lipinski definition) is 2. The second kappa shape index (κ2) is 6.85. The lowest BCUT2D eigenvalue weighted by atomic mass is 10.2.